The Bertz CT molecular complexity index is 573. The van der Waals surface area contributed by atoms with Crippen LogP contribution in [0.3, 0.4) is 0 Å². The molecule has 4 nitrogen and oxygen atoms in total. The first-order valence-electron chi connectivity index (χ1n) is 5.05. The lowest BCUT2D eigenvalue weighted by Gasteiger charge is -2.03. The normalized spacial score (nSPS) is 10.8. The molecule has 0 amide bonds. The molecule has 2 rings (SSSR count). The van der Waals surface area contributed by atoms with Gasteiger partial charge < -0.3 is 0 Å². The molecule has 0 atom stereocenters. The number of halogens is 1. The third kappa shape index (κ3) is 3.44. The maximum atomic E-state index is 10.8. The predicted octanol–water partition coefficient (Wildman–Crippen LogP) is 3.58. The van der Waals surface area contributed by atoms with Gasteiger partial charge in [-0.25, -0.2) is 5.26 Å². The van der Waals surface area contributed by atoms with Crippen molar-refractivity contribution < 1.29 is 19.4 Å². The van der Waals surface area contributed by atoms with Crippen molar-refractivity contribution in [2.45, 2.75) is 11.3 Å². The second-order valence-corrected chi connectivity index (χ2v) is 4.80. The molecule has 6 heteroatoms. The number of carbonyl (C=O) groups excluding carboxylic acids is 1. The Morgan fingerprint density at radius 3 is 2.67 bits per heavy atom. The van der Waals surface area contributed by atoms with Gasteiger partial charge in [-0.3, -0.25) is 4.79 Å². The number of carbonyl (C=O) groups is 1. The first-order valence-corrected chi connectivity index (χ1v) is 6.17. The van der Waals surface area contributed by atoms with Crippen LogP contribution in [0.25, 0.3) is 10.8 Å². The van der Waals surface area contributed by atoms with E-state index in [4.69, 9.17) is 16.9 Å². The average Bonchev–Trinajstić information content (AvgIpc) is 2.35. The largest absolute Gasteiger partial charge is 0.281 e. The summed E-state index contributed by atoms with van der Waals surface area (Å²) in [5.74, 6) is 0. The fraction of sp³-hybridized carbons (Fsp3) is 0.0833. The van der Waals surface area contributed by atoms with Crippen LogP contribution in [0, 0.1) is 0 Å². The molecule has 0 saturated heterocycles. The highest BCUT2D eigenvalue weighted by atomic mass is 35.5. The van der Waals surface area contributed by atoms with E-state index in [1.54, 1.807) is 0 Å². The summed E-state index contributed by atoms with van der Waals surface area (Å²) in [7, 11) is 0. The molecule has 0 aliphatic rings. The molecule has 94 valence electrons. The Balaban J connectivity index is 2.27. The molecule has 18 heavy (non-hydrogen) atoms. The van der Waals surface area contributed by atoms with Gasteiger partial charge in [0, 0.05) is 11.3 Å². The zero-order valence-electron chi connectivity index (χ0n) is 9.13. The third-order valence-electron chi connectivity index (χ3n) is 2.38. The highest BCUT2D eigenvalue weighted by molar-refractivity contribution is 7.94. The van der Waals surface area contributed by atoms with Crippen LogP contribution in [0.15, 0.2) is 41.3 Å². The second-order valence-electron chi connectivity index (χ2n) is 3.60. The van der Waals surface area contributed by atoms with E-state index >= 15 is 0 Å². The first kappa shape index (κ1) is 13.3. The van der Waals surface area contributed by atoms with Crippen LogP contribution < -0.4 is 0 Å². The van der Waals surface area contributed by atoms with Gasteiger partial charge in [0.1, 0.15) is 0 Å². The monoisotopic (exact) mass is 284 g/mol. The topological polar surface area (TPSA) is 55.8 Å². The fourth-order valence-corrected chi connectivity index (χ4v) is 2.21. The molecule has 0 bridgehead atoms. The minimum absolute atomic E-state index is 0.218. The molecule has 2 aromatic rings. The summed E-state index contributed by atoms with van der Waals surface area (Å²) >= 11 is 6.25. The number of hydrogen-bond acceptors (Lipinski definition) is 5. The summed E-state index contributed by atoms with van der Waals surface area (Å²) in [6.07, 6.45) is 0.218. The lowest BCUT2D eigenvalue weighted by molar-refractivity contribution is -0.432. The van der Waals surface area contributed by atoms with Crippen molar-refractivity contribution in [3.05, 3.63) is 42.0 Å². The van der Waals surface area contributed by atoms with E-state index in [1.165, 1.54) is 0 Å². The maximum Gasteiger partial charge on any atom is 0.226 e. The first-order chi connectivity index (χ1) is 8.69. The molecular weight excluding hydrogens is 276 g/mol. The molecule has 2 aromatic carbocycles. The van der Waals surface area contributed by atoms with Gasteiger partial charge in [0.15, 0.2) is 0 Å². The summed E-state index contributed by atoms with van der Waals surface area (Å²) < 4.78 is 4.35. The SMILES string of the molecule is O=C(Cl)Cc1ccc2cc(SOOO)ccc2c1. The molecule has 1 N–H and O–H groups in total. The molecule has 0 spiro atoms. The highest BCUT2D eigenvalue weighted by Gasteiger charge is 2.03. The predicted molar refractivity (Wildman–Crippen MR) is 69.2 cm³/mol. The van der Waals surface area contributed by atoms with Crippen LogP contribution in [-0.4, -0.2) is 10.5 Å². The van der Waals surface area contributed by atoms with E-state index < -0.39 is 0 Å². The van der Waals surface area contributed by atoms with Crippen LogP contribution in [0.4, 0.5) is 0 Å². The molecule has 0 aromatic heterocycles. The standard InChI is InChI=1S/C12H9ClO4S/c13-12(14)6-8-1-2-10-7-11(18-17-16-15)4-3-9(10)5-8/h1-5,7,15H,6H2. The van der Waals surface area contributed by atoms with Gasteiger partial charge in [0.05, 0.1) is 12.0 Å². The number of benzene rings is 2. The summed E-state index contributed by atoms with van der Waals surface area (Å²) in [4.78, 5) is 11.6. The molecule has 0 aliphatic heterocycles. The minimum Gasteiger partial charge on any atom is -0.281 e. The zero-order chi connectivity index (χ0) is 13.0. The van der Waals surface area contributed by atoms with Gasteiger partial charge in [0.2, 0.25) is 5.24 Å². The Hall–Kier alpha value is -1.11. The van der Waals surface area contributed by atoms with E-state index in [1.807, 2.05) is 36.4 Å². The molecule has 0 aliphatic carbocycles. The van der Waals surface area contributed by atoms with Crippen molar-refractivity contribution in [3.8, 4) is 0 Å². The Morgan fingerprint density at radius 1 is 1.22 bits per heavy atom. The van der Waals surface area contributed by atoms with E-state index in [9.17, 15) is 4.79 Å². The van der Waals surface area contributed by atoms with Gasteiger partial charge in [-0.15, -0.1) is 4.33 Å². The van der Waals surface area contributed by atoms with Crippen molar-refractivity contribution in [3.63, 3.8) is 0 Å². The van der Waals surface area contributed by atoms with Crippen molar-refractivity contribution in [1.29, 1.82) is 0 Å². The van der Waals surface area contributed by atoms with Crippen molar-refractivity contribution in [2.24, 2.45) is 0 Å². The Morgan fingerprint density at radius 2 is 1.94 bits per heavy atom. The molecular formula is C12H9ClO4S. The fourth-order valence-electron chi connectivity index (χ4n) is 1.65. The average molecular weight is 285 g/mol. The van der Waals surface area contributed by atoms with E-state index in [2.05, 4.69) is 9.37 Å². The summed E-state index contributed by atoms with van der Waals surface area (Å²) in [5, 5.41) is 13.2. The number of rotatable bonds is 5. The van der Waals surface area contributed by atoms with Crippen LogP contribution in [0.5, 0.6) is 0 Å². The van der Waals surface area contributed by atoms with Crippen molar-refractivity contribution >= 4 is 39.7 Å². The second kappa shape index (κ2) is 6.17. The molecule has 0 unspecified atom stereocenters. The van der Waals surface area contributed by atoms with Crippen LogP contribution in [0.2, 0.25) is 0 Å². The van der Waals surface area contributed by atoms with Gasteiger partial charge >= 0.3 is 0 Å². The van der Waals surface area contributed by atoms with E-state index in [0.29, 0.717) is 0 Å². The molecule has 0 saturated carbocycles. The molecule has 0 fully saturated rings. The van der Waals surface area contributed by atoms with Gasteiger partial charge in [-0.1, -0.05) is 29.3 Å². The maximum absolute atomic E-state index is 10.8. The highest BCUT2D eigenvalue weighted by Crippen LogP contribution is 2.25. The van der Waals surface area contributed by atoms with E-state index in [-0.39, 0.29) is 11.7 Å². The zero-order valence-corrected chi connectivity index (χ0v) is 10.7. The lowest BCUT2D eigenvalue weighted by Crippen LogP contribution is -1.92. The van der Waals surface area contributed by atoms with Gasteiger partial charge in [0.25, 0.3) is 0 Å². The van der Waals surface area contributed by atoms with Crippen molar-refractivity contribution in [2.75, 3.05) is 0 Å². The quantitative estimate of drug-likeness (QED) is 0.394. The van der Waals surface area contributed by atoms with Crippen LogP contribution in [-0.2, 0) is 20.6 Å². The minimum atomic E-state index is -0.380. The van der Waals surface area contributed by atoms with E-state index in [0.717, 1.165) is 33.3 Å². The molecule has 0 radical (unpaired) electrons. The Labute approximate surface area is 113 Å². The Kier molecular flexibility index (Phi) is 4.57. The summed E-state index contributed by atoms with van der Waals surface area (Å²) in [5.41, 5.74) is 0.873. The smallest absolute Gasteiger partial charge is 0.226 e. The number of hydrogen-bond donors (Lipinski definition) is 1. The number of fused-ring (bicyclic) bond motifs is 1. The molecule has 0 heterocycles. The van der Waals surface area contributed by atoms with Crippen molar-refractivity contribution in [1.82, 2.24) is 0 Å². The van der Waals surface area contributed by atoms with Crippen LogP contribution in [0.1, 0.15) is 5.56 Å². The van der Waals surface area contributed by atoms with Gasteiger partial charge in [-0.2, -0.15) is 0 Å². The summed E-state index contributed by atoms with van der Waals surface area (Å²) in [6, 6.07) is 11.2. The van der Waals surface area contributed by atoms with Crippen LogP contribution >= 0.6 is 23.6 Å². The lowest BCUT2D eigenvalue weighted by atomic mass is 10.1. The summed E-state index contributed by atoms with van der Waals surface area (Å²) in [6.45, 7) is 0. The third-order valence-corrected chi connectivity index (χ3v) is 3.09. The van der Waals surface area contributed by atoms with Gasteiger partial charge in [-0.05, 0) is 40.1 Å².